The van der Waals surface area contributed by atoms with Crippen LogP contribution in [0.4, 0.5) is 0 Å². The standard InChI is InChI=1S/C14H21NO4S/c1-8(2)6-9(13(18)19-14(3,4)5)11-15-10(7-20-11)12(16)17/h7-9H,6H2,1-5H3,(H,16,17)/t9-/m1/s1. The van der Waals surface area contributed by atoms with Gasteiger partial charge in [0, 0.05) is 5.38 Å². The topological polar surface area (TPSA) is 76.5 Å². The Morgan fingerprint density at radius 2 is 2.00 bits per heavy atom. The second-order valence-corrected chi connectivity index (χ2v) is 6.98. The molecule has 0 amide bonds. The Morgan fingerprint density at radius 1 is 1.40 bits per heavy atom. The van der Waals surface area contributed by atoms with Crippen LogP contribution in [0.5, 0.6) is 0 Å². The second-order valence-electron chi connectivity index (χ2n) is 6.09. The second kappa shape index (κ2) is 6.35. The molecule has 1 aromatic heterocycles. The van der Waals surface area contributed by atoms with Crippen molar-refractivity contribution in [3.05, 3.63) is 16.1 Å². The number of aromatic carboxylic acids is 1. The number of carboxylic acids is 1. The Kier molecular flexibility index (Phi) is 5.28. The van der Waals surface area contributed by atoms with Gasteiger partial charge in [-0.25, -0.2) is 9.78 Å². The third-order valence-corrected chi connectivity index (χ3v) is 3.40. The molecule has 0 aliphatic rings. The first-order chi connectivity index (χ1) is 9.10. The highest BCUT2D eigenvalue weighted by atomic mass is 32.1. The summed E-state index contributed by atoms with van der Waals surface area (Å²) in [5.41, 5.74) is -0.596. The Labute approximate surface area is 123 Å². The van der Waals surface area contributed by atoms with Crippen LogP contribution in [0.1, 0.15) is 62.5 Å². The van der Waals surface area contributed by atoms with Crippen LogP contribution < -0.4 is 0 Å². The highest BCUT2D eigenvalue weighted by molar-refractivity contribution is 7.10. The maximum absolute atomic E-state index is 12.3. The van der Waals surface area contributed by atoms with Crippen LogP contribution in [-0.4, -0.2) is 27.6 Å². The molecule has 0 fully saturated rings. The van der Waals surface area contributed by atoms with Crippen molar-refractivity contribution >= 4 is 23.3 Å². The van der Waals surface area contributed by atoms with Crippen molar-refractivity contribution in [3.8, 4) is 0 Å². The lowest BCUT2D eigenvalue weighted by Gasteiger charge is -2.23. The lowest BCUT2D eigenvalue weighted by atomic mass is 9.97. The predicted octanol–water partition coefficient (Wildman–Crippen LogP) is 3.31. The normalized spacial score (nSPS) is 13.3. The number of aromatic nitrogens is 1. The molecule has 0 unspecified atom stereocenters. The SMILES string of the molecule is CC(C)C[C@@H](C(=O)OC(C)(C)C)c1nc(C(=O)O)cs1. The van der Waals surface area contributed by atoms with Crippen LogP contribution in [0.2, 0.25) is 0 Å². The molecule has 0 bridgehead atoms. The van der Waals surface area contributed by atoms with E-state index in [0.717, 1.165) is 0 Å². The minimum Gasteiger partial charge on any atom is -0.476 e. The summed E-state index contributed by atoms with van der Waals surface area (Å²) in [5, 5.41) is 10.9. The van der Waals surface area contributed by atoms with E-state index >= 15 is 0 Å². The molecule has 6 heteroatoms. The van der Waals surface area contributed by atoms with Gasteiger partial charge in [0.15, 0.2) is 5.69 Å². The number of carbonyl (C=O) groups is 2. The van der Waals surface area contributed by atoms with Crippen molar-refractivity contribution < 1.29 is 19.4 Å². The Hall–Kier alpha value is -1.43. The number of esters is 1. The van der Waals surface area contributed by atoms with E-state index in [4.69, 9.17) is 9.84 Å². The van der Waals surface area contributed by atoms with Gasteiger partial charge >= 0.3 is 11.9 Å². The van der Waals surface area contributed by atoms with Gasteiger partial charge in [-0.2, -0.15) is 0 Å². The molecule has 0 saturated heterocycles. The number of thiazole rings is 1. The van der Waals surface area contributed by atoms with Crippen molar-refractivity contribution in [1.29, 1.82) is 0 Å². The number of nitrogens with zero attached hydrogens (tertiary/aromatic N) is 1. The molecule has 0 aliphatic carbocycles. The summed E-state index contributed by atoms with van der Waals surface area (Å²) in [6.07, 6.45) is 0.585. The highest BCUT2D eigenvalue weighted by Crippen LogP contribution is 2.29. The van der Waals surface area contributed by atoms with Gasteiger partial charge < -0.3 is 9.84 Å². The number of hydrogen-bond donors (Lipinski definition) is 1. The van der Waals surface area contributed by atoms with E-state index in [-0.39, 0.29) is 17.6 Å². The highest BCUT2D eigenvalue weighted by Gasteiger charge is 2.30. The van der Waals surface area contributed by atoms with E-state index in [1.165, 1.54) is 16.7 Å². The van der Waals surface area contributed by atoms with Gasteiger partial charge in [0.2, 0.25) is 0 Å². The number of rotatable bonds is 5. The van der Waals surface area contributed by atoms with Crippen LogP contribution in [0, 0.1) is 5.92 Å². The van der Waals surface area contributed by atoms with E-state index in [0.29, 0.717) is 11.4 Å². The molecule has 1 atom stereocenters. The smallest absolute Gasteiger partial charge is 0.355 e. The summed E-state index contributed by atoms with van der Waals surface area (Å²) in [6, 6.07) is 0. The fourth-order valence-corrected chi connectivity index (χ4v) is 2.58. The third kappa shape index (κ3) is 4.92. The van der Waals surface area contributed by atoms with Crippen LogP contribution in [-0.2, 0) is 9.53 Å². The molecule has 0 aliphatic heterocycles. The first-order valence-corrected chi connectivity index (χ1v) is 7.39. The zero-order valence-corrected chi connectivity index (χ0v) is 13.3. The Balaban J connectivity index is 2.98. The molecule has 0 spiro atoms. The first-order valence-electron chi connectivity index (χ1n) is 6.51. The van der Waals surface area contributed by atoms with E-state index in [1.807, 2.05) is 34.6 Å². The van der Waals surface area contributed by atoms with Gasteiger partial charge in [-0.3, -0.25) is 4.79 Å². The quantitative estimate of drug-likeness (QED) is 0.844. The average molecular weight is 299 g/mol. The molecular weight excluding hydrogens is 278 g/mol. The Morgan fingerprint density at radius 3 is 2.40 bits per heavy atom. The van der Waals surface area contributed by atoms with Crippen molar-refractivity contribution in [2.45, 2.75) is 52.6 Å². The third-order valence-electron chi connectivity index (χ3n) is 2.44. The summed E-state index contributed by atoms with van der Waals surface area (Å²) in [7, 11) is 0. The van der Waals surface area contributed by atoms with Gasteiger partial charge in [0.05, 0.1) is 0 Å². The number of carbonyl (C=O) groups excluding carboxylic acids is 1. The fourth-order valence-electron chi connectivity index (χ4n) is 1.69. The summed E-state index contributed by atoms with van der Waals surface area (Å²) < 4.78 is 5.41. The summed E-state index contributed by atoms with van der Waals surface area (Å²) in [5.74, 6) is -1.66. The van der Waals surface area contributed by atoms with Crippen molar-refractivity contribution in [3.63, 3.8) is 0 Å². The summed E-state index contributed by atoms with van der Waals surface area (Å²) in [6.45, 7) is 9.43. The van der Waals surface area contributed by atoms with Crippen molar-refractivity contribution in [2.24, 2.45) is 5.92 Å². The van der Waals surface area contributed by atoms with Crippen LogP contribution in [0.3, 0.4) is 0 Å². The van der Waals surface area contributed by atoms with Gasteiger partial charge in [0.1, 0.15) is 16.5 Å². The van der Waals surface area contributed by atoms with E-state index in [1.54, 1.807) is 0 Å². The molecule has 1 N–H and O–H groups in total. The monoisotopic (exact) mass is 299 g/mol. The van der Waals surface area contributed by atoms with Gasteiger partial charge in [-0.05, 0) is 33.1 Å². The summed E-state index contributed by atoms with van der Waals surface area (Å²) >= 11 is 1.19. The molecular formula is C14H21NO4S. The number of carboxylic acid groups (broad SMARTS) is 1. The number of ether oxygens (including phenoxy) is 1. The Bertz CT molecular complexity index is 488. The van der Waals surface area contributed by atoms with E-state index < -0.39 is 17.5 Å². The molecule has 5 nitrogen and oxygen atoms in total. The molecule has 0 aromatic carbocycles. The zero-order valence-electron chi connectivity index (χ0n) is 12.5. The number of hydrogen-bond acceptors (Lipinski definition) is 5. The molecule has 20 heavy (non-hydrogen) atoms. The van der Waals surface area contributed by atoms with E-state index in [9.17, 15) is 9.59 Å². The largest absolute Gasteiger partial charge is 0.476 e. The van der Waals surface area contributed by atoms with Crippen molar-refractivity contribution in [1.82, 2.24) is 4.98 Å². The molecule has 1 aromatic rings. The van der Waals surface area contributed by atoms with E-state index in [2.05, 4.69) is 4.98 Å². The molecule has 1 heterocycles. The van der Waals surface area contributed by atoms with Crippen LogP contribution in [0.15, 0.2) is 5.38 Å². The minimum atomic E-state index is -1.08. The van der Waals surface area contributed by atoms with Crippen molar-refractivity contribution in [2.75, 3.05) is 0 Å². The maximum Gasteiger partial charge on any atom is 0.355 e. The summed E-state index contributed by atoms with van der Waals surface area (Å²) in [4.78, 5) is 27.2. The van der Waals surface area contributed by atoms with Gasteiger partial charge in [-0.1, -0.05) is 13.8 Å². The molecule has 112 valence electrons. The lowest BCUT2D eigenvalue weighted by molar-refractivity contribution is -0.157. The molecule has 1 rings (SSSR count). The average Bonchev–Trinajstić information content (AvgIpc) is 2.71. The van der Waals surface area contributed by atoms with Gasteiger partial charge in [-0.15, -0.1) is 11.3 Å². The molecule has 0 saturated carbocycles. The lowest BCUT2D eigenvalue weighted by Crippen LogP contribution is -2.28. The zero-order chi connectivity index (χ0) is 15.5. The molecule has 0 radical (unpaired) electrons. The minimum absolute atomic E-state index is 0.0256. The van der Waals surface area contributed by atoms with Gasteiger partial charge in [0.25, 0.3) is 0 Å². The van der Waals surface area contributed by atoms with Crippen LogP contribution in [0.25, 0.3) is 0 Å². The predicted molar refractivity (Wildman–Crippen MR) is 77.1 cm³/mol. The first kappa shape index (κ1) is 16.6. The maximum atomic E-state index is 12.3. The fraction of sp³-hybridized carbons (Fsp3) is 0.643. The van der Waals surface area contributed by atoms with Crippen LogP contribution >= 0.6 is 11.3 Å².